The minimum Gasteiger partial charge on any atom is -0.476 e. The summed E-state index contributed by atoms with van der Waals surface area (Å²) in [4.78, 5) is 16.9. The first kappa shape index (κ1) is 10.2. The molecule has 0 radical (unpaired) electrons. The molecule has 5 heteroatoms. The van der Waals surface area contributed by atoms with Crippen LogP contribution in [-0.4, -0.2) is 34.0 Å². The van der Waals surface area contributed by atoms with Crippen LogP contribution in [0.25, 0.3) is 0 Å². The van der Waals surface area contributed by atoms with E-state index in [2.05, 4.69) is 16.8 Å². The molecule has 1 atom stereocenters. The summed E-state index contributed by atoms with van der Waals surface area (Å²) < 4.78 is 5.21. The van der Waals surface area contributed by atoms with E-state index >= 15 is 0 Å². The fourth-order valence-electron chi connectivity index (χ4n) is 2.02. The van der Waals surface area contributed by atoms with Crippen LogP contribution in [-0.2, 0) is 0 Å². The van der Waals surface area contributed by atoms with Crippen LogP contribution in [0.15, 0.2) is 10.7 Å². The van der Waals surface area contributed by atoms with Gasteiger partial charge in [-0.3, -0.25) is 4.90 Å². The Morgan fingerprint density at radius 2 is 2.60 bits per heavy atom. The summed E-state index contributed by atoms with van der Waals surface area (Å²) >= 11 is 0. The first-order chi connectivity index (χ1) is 7.22. The number of hydrogen-bond donors (Lipinski definition) is 1. The van der Waals surface area contributed by atoms with E-state index in [9.17, 15) is 4.79 Å². The fourth-order valence-corrected chi connectivity index (χ4v) is 2.02. The highest BCUT2D eigenvalue weighted by molar-refractivity contribution is 5.84. The average Bonchev–Trinajstić information content (AvgIpc) is 2.85. The summed E-state index contributed by atoms with van der Waals surface area (Å²) in [5.41, 5.74) is -0.00652. The number of aromatic carboxylic acids is 1. The number of carboxylic acids is 1. The van der Waals surface area contributed by atoms with Crippen molar-refractivity contribution in [1.29, 1.82) is 0 Å². The molecule has 1 aliphatic heterocycles. The maximum absolute atomic E-state index is 10.6. The summed E-state index contributed by atoms with van der Waals surface area (Å²) in [5, 5.41) is 8.73. The zero-order valence-electron chi connectivity index (χ0n) is 8.64. The third kappa shape index (κ3) is 1.87. The van der Waals surface area contributed by atoms with Crippen LogP contribution in [0, 0.1) is 0 Å². The van der Waals surface area contributed by atoms with E-state index in [0.29, 0.717) is 5.89 Å². The fraction of sp³-hybridized carbons (Fsp3) is 0.600. The Bertz CT molecular complexity index is 361. The van der Waals surface area contributed by atoms with E-state index in [1.54, 1.807) is 0 Å². The standard InChI is InChI=1S/C10H14N2O3/c1-2-12-5-3-4-8(12)9-11-7(6-15-9)10(13)14/h6,8H,2-5H2,1H3,(H,13,14). The van der Waals surface area contributed by atoms with Crippen molar-refractivity contribution in [2.45, 2.75) is 25.8 Å². The van der Waals surface area contributed by atoms with Crippen molar-refractivity contribution in [2.24, 2.45) is 0 Å². The third-order valence-electron chi connectivity index (χ3n) is 2.80. The largest absolute Gasteiger partial charge is 0.476 e. The molecule has 1 aromatic heterocycles. The first-order valence-corrected chi connectivity index (χ1v) is 5.15. The molecule has 1 unspecified atom stereocenters. The highest BCUT2D eigenvalue weighted by Gasteiger charge is 2.29. The van der Waals surface area contributed by atoms with Crippen LogP contribution in [0.3, 0.4) is 0 Å². The van der Waals surface area contributed by atoms with Crippen LogP contribution < -0.4 is 0 Å². The van der Waals surface area contributed by atoms with Crippen molar-refractivity contribution in [3.63, 3.8) is 0 Å². The van der Waals surface area contributed by atoms with Gasteiger partial charge in [0.1, 0.15) is 6.26 Å². The van der Waals surface area contributed by atoms with E-state index in [4.69, 9.17) is 9.52 Å². The second kappa shape index (κ2) is 4.02. The summed E-state index contributed by atoms with van der Waals surface area (Å²) in [5.74, 6) is -0.502. The summed E-state index contributed by atoms with van der Waals surface area (Å²) in [7, 11) is 0. The Labute approximate surface area is 87.7 Å². The molecule has 0 aromatic carbocycles. The van der Waals surface area contributed by atoms with Crippen molar-refractivity contribution in [1.82, 2.24) is 9.88 Å². The first-order valence-electron chi connectivity index (χ1n) is 5.15. The highest BCUT2D eigenvalue weighted by atomic mass is 16.4. The lowest BCUT2D eigenvalue weighted by Gasteiger charge is -2.19. The predicted octanol–water partition coefficient (Wildman–Crippen LogP) is 1.53. The van der Waals surface area contributed by atoms with E-state index in [1.165, 1.54) is 6.26 Å². The number of carboxylic acid groups (broad SMARTS) is 1. The van der Waals surface area contributed by atoms with E-state index < -0.39 is 5.97 Å². The van der Waals surface area contributed by atoms with Crippen molar-refractivity contribution < 1.29 is 14.3 Å². The molecule has 1 aromatic rings. The molecule has 0 saturated carbocycles. The number of carbonyl (C=O) groups is 1. The molecule has 1 fully saturated rings. The van der Waals surface area contributed by atoms with Crippen molar-refractivity contribution in [2.75, 3.05) is 13.1 Å². The number of likely N-dealkylation sites (tertiary alicyclic amines) is 1. The van der Waals surface area contributed by atoms with Gasteiger partial charge in [0.05, 0.1) is 6.04 Å². The van der Waals surface area contributed by atoms with Gasteiger partial charge in [0.2, 0.25) is 5.89 Å². The Balaban J connectivity index is 2.18. The molecule has 0 bridgehead atoms. The highest BCUT2D eigenvalue weighted by Crippen LogP contribution is 2.30. The summed E-state index contributed by atoms with van der Waals surface area (Å²) in [6.07, 6.45) is 3.32. The lowest BCUT2D eigenvalue weighted by molar-refractivity contribution is 0.0690. The Kier molecular flexibility index (Phi) is 2.73. The molecule has 1 N–H and O–H groups in total. The monoisotopic (exact) mass is 210 g/mol. The maximum Gasteiger partial charge on any atom is 0.357 e. The topological polar surface area (TPSA) is 66.6 Å². The van der Waals surface area contributed by atoms with Crippen molar-refractivity contribution in [3.8, 4) is 0 Å². The molecule has 2 rings (SSSR count). The number of rotatable bonds is 3. The number of nitrogens with zero attached hydrogens (tertiary/aromatic N) is 2. The van der Waals surface area contributed by atoms with Gasteiger partial charge in [-0.05, 0) is 25.9 Å². The molecule has 1 aliphatic rings. The van der Waals surface area contributed by atoms with E-state index in [-0.39, 0.29) is 11.7 Å². The normalized spacial score (nSPS) is 22.1. The number of aromatic nitrogens is 1. The van der Waals surface area contributed by atoms with Gasteiger partial charge in [-0.2, -0.15) is 0 Å². The minimum absolute atomic E-state index is 0.00652. The SMILES string of the molecule is CCN1CCCC1c1nc(C(=O)O)co1. The van der Waals surface area contributed by atoms with Gasteiger partial charge in [0, 0.05) is 0 Å². The van der Waals surface area contributed by atoms with Gasteiger partial charge in [0.25, 0.3) is 0 Å². The lowest BCUT2D eigenvalue weighted by atomic mass is 10.2. The molecule has 2 heterocycles. The van der Waals surface area contributed by atoms with Crippen molar-refractivity contribution in [3.05, 3.63) is 17.8 Å². The number of hydrogen-bond acceptors (Lipinski definition) is 4. The Morgan fingerprint density at radius 1 is 1.80 bits per heavy atom. The molecule has 5 nitrogen and oxygen atoms in total. The van der Waals surface area contributed by atoms with Gasteiger partial charge < -0.3 is 9.52 Å². The molecular formula is C10H14N2O3. The zero-order valence-corrected chi connectivity index (χ0v) is 8.64. The second-order valence-corrected chi connectivity index (χ2v) is 3.66. The van der Waals surface area contributed by atoms with Crippen LogP contribution in [0.1, 0.15) is 42.2 Å². The smallest absolute Gasteiger partial charge is 0.357 e. The Morgan fingerprint density at radius 3 is 3.20 bits per heavy atom. The van der Waals surface area contributed by atoms with Crippen LogP contribution >= 0.6 is 0 Å². The molecule has 0 amide bonds. The van der Waals surface area contributed by atoms with E-state index in [1.807, 2.05) is 0 Å². The van der Waals surface area contributed by atoms with Gasteiger partial charge in [0.15, 0.2) is 5.69 Å². The molecule has 82 valence electrons. The molecule has 1 saturated heterocycles. The van der Waals surface area contributed by atoms with Gasteiger partial charge in [-0.15, -0.1) is 0 Å². The maximum atomic E-state index is 10.6. The van der Waals surface area contributed by atoms with Gasteiger partial charge in [-0.1, -0.05) is 6.92 Å². The zero-order chi connectivity index (χ0) is 10.8. The third-order valence-corrected chi connectivity index (χ3v) is 2.80. The quantitative estimate of drug-likeness (QED) is 0.819. The lowest BCUT2D eigenvalue weighted by Crippen LogP contribution is -2.22. The number of oxazole rings is 1. The summed E-state index contributed by atoms with van der Waals surface area (Å²) in [6.45, 7) is 4.06. The molecular weight excluding hydrogens is 196 g/mol. The van der Waals surface area contributed by atoms with Crippen LogP contribution in [0.2, 0.25) is 0 Å². The Hall–Kier alpha value is -1.36. The van der Waals surface area contributed by atoms with Crippen molar-refractivity contribution >= 4 is 5.97 Å². The summed E-state index contributed by atoms with van der Waals surface area (Å²) in [6, 6.07) is 0.156. The van der Waals surface area contributed by atoms with Crippen LogP contribution in [0.5, 0.6) is 0 Å². The van der Waals surface area contributed by atoms with Crippen LogP contribution in [0.4, 0.5) is 0 Å². The average molecular weight is 210 g/mol. The van der Waals surface area contributed by atoms with E-state index in [0.717, 1.165) is 25.9 Å². The second-order valence-electron chi connectivity index (χ2n) is 3.66. The van der Waals surface area contributed by atoms with Gasteiger partial charge in [-0.25, -0.2) is 9.78 Å². The van der Waals surface area contributed by atoms with Gasteiger partial charge >= 0.3 is 5.97 Å². The minimum atomic E-state index is -1.04. The molecule has 0 aliphatic carbocycles. The molecule has 0 spiro atoms. The molecule has 15 heavy (non-hydrogen) atoms. The predicted molar refractivity (Wildman–Crippen MR) is 52.7 cm³/mol.